The zero-order valence-electron chi connectivity index (χ0n) is 19.9. The van der Waals surface area contributed by atoms with E-state index in [1.807, 2.05) is 20.8 Å². The van der Waals surface area contributed by atoms with Gasteiger partial charge in [-0.2, -0.15) is 0 Å². The molecule has 0 unspecified atom stereocenters. The van der Waals surface area contributed by atoms with Gasteiger partial charge >= 0.3 is 11.9 Å². The van der Waals surface area contributed by atoms with E-state index in [1.165, 1.54) is 24.3 Å². The van der Waals surface area contributed by atoms with E-state index in [0.29, 0.717) is 6.42 Å². The highest BCUT2D eigenvalue weighted by Gasteiger charge is 2.72. The fourth-order valence-electron chi connectivity index (χ4n) is 6.43. The van der Waals surface area contributed by atoms with Gasteiger partial charge in [0.05, 0.1) is 5.02 Å². The van der Waals surface area contributed by atoms with Crippen molar-refractivity contribution in [1.82, 2.24) is 0 Å². The number of benzene rings is 1. The minimum absolute atomic E-state index is 0.0216. The Labute approximate surface area is 204 Å². The second-order valence-electron chi connectivity index (χ2n) is 10.3. The maximum atomic E-state index is 14.1. The van der Waals surface area contributed by atoms with Crippen LogP contribution in [-0.2, 0) is 23.8 Å². The molecular formula is C26H32ClFO6. The molecule has 4 rings (SSSR count). The van der Waals surface area contributed by atoms with E-state index in [1.54, 1.807) is 6.07 Å². The van der Waals surface area contributed by atoms with Crippen molar-refractivity contribution in [2.75, 3.05) is 6.61 Å². The van der Waals surface area contributed by atoms with Crippen molar-refractivity contribution in [3.63, 3.8) is 0 Å². The summed E-state index contributed by atoms with van der Waals surface area (Å²) in [6, 6.07) is 4.33. The number of halogens is 2. The van der Waals surface area contributed by atoms with Crippen LogP contribution in [-0.4, -0.2) is 47.1 Å². The van der Waals surface area contributed by atoms with Crippen LogP contribution in [0.3, 0.4) is 0 Å². The lowest BCUT2D eigenvalue weighted by molar-refractivity contribution is -0.264. The molecule has 2 saturated heterocycles. The zero-order chi connectivity index (χ0) is 24.8. The van der Waals surface area contributed by atoms with E-state index in [-0.39, 0.29) is 34.3 Å². The zero-order valence-corrected chi connectivity index (χ0v) is 20.7. The molecule has 3 aliphatic rings. The van der Waals surface area contributed by atoms with Crippen molar-refractivity contribution in [2.45, 2.75) is 70.4 Å². The lowest BCUT2D eigenvalue weighted by Crippen LogP contribution is -2.62. The molecule has 2 heterocycles. The van der Waals surface area contributed by atoms with Gasteiger partial charge in [-0.3, -0.25) is 0 Å². The summed E-state index contributed by atoms with van der Waals surface area (Å²) in [4.78, 5) is 25.0. The quantitative estimate of drug-likeness (QED) is 0.461. The van der Waals surface area contributed by atoms with E-state index < -0.39 is 47.8 Å². The number of ether oxygens (including phenoxy) is 3. The van der Waals surface area contributed by atoms with Crippen molar-refractivity contribution in [2.24, 2.45) is 23.7 Å². The Bertz CT molecular complexity index is 975. The highest BCUT2D eigenvalue weighted by atomic mass is 35.5. The summed E-state index contributed by atoms with van der Waals surface area (Å²) in [5, 5.41) is 9.46. The van der Waals surface area contributed by atoms with Crippen LogP contribution in [0.2, 0.25) is 5.02 Å². The second kappa shape index (κ2) is 9.25. The molecule has 1 aromatic carbocycles. The SMILES string of the molecule is CC(C)[C@@]12C[C@@H](OC(=O)CO)[C@@](C)(O1)[C@@H]1CC[C@@H](C)[C@H]1[C@@H]2OC(=O)/C=C/c1c(F)cccc1Cl. The molecule has 1 aliphatic carbocycles. The highest BCUT2D eigenvalue weighted by molar-refractivity contribution is 6.32. The van der Waals surface area contributed by atoms with Gasteiger partial charge in [0.1, 0.15) is 35.8 Å². The number of esters is 2. The number of carbonyl (C=O) groups is 2. The number of hydrogen-bond donors (Lipinski definition) is 1. The second-order valence-corrected chi connectivity index (χ2v) is 10.7. The van der Waals surface area contributed by atoms with Crippen molar-refractivity contribution in [3.8, 4) is 0 Å². The maximum Gasteiger partial charge on any atom is 0.332 e. The number of rotatable bonds is 6. The molecular weight excluding hydrogens is 463 g/mol. The Hall–Kier alpha value is -1.96. The van der Waals surface area contributed by atoms with Crippen LogP contribution in [0.1, 0.15) is 52.5 Å². The number of aliphatic hydroxyl groups is 1. The molecule has 3 fully saturated rings. The molecule has 34 heavy (non-hydrogen) atoms. The summed E-state index contributed by atoms with van der Waals surface area (Å²) in [7, 11) is 0. The third kappa shape index (κ3) is 4.06. The first-order valence-electron chi connectivity index (χ1n) is 11.9. The summed E-state index contributed by atoms with van der Waals surface area (Å²) in [5.41, 5.74) is -1.46. The van der Waals surface area contributed by atoms with Gasteiger partial charge in [-0.25, -0.2) is 14.0 Å². The van der Waals surface area contributed by atoms with Gasteiger partial charge in [-0.15, -0.1) is 0 Å². The number of aliphatic hydroxyl groups excluding tert-OH is 1. The lowest BCUT2D eigenvalue weighted by Gasteiger charge is -2.52. The first-order chi connectivity index (χ1) is 16.0. The monoisotopic (exact) mass is 494 g/mol. The molecule has 1 N–H and O–H groups in total. The summed E-state index contributed by atoms with van der Waals surface area (Å²) < 4.78 is 32.6. The van der Waals surface area contributed by atoms with Crippen LogP contribution in [0.15, 0.2) is 24.3 Å². The van der Waals surface area contributed by atoms with Crippen molar-refractivity contribution in [1.29, 1.82) is 0 Å². The molecule has 7 atom stereocenters. The molecule has 0 aromatic heterocycles. The van der Waals surface area contributed by atoms with Gasteiger partial charge in [0.2, 0.25) is 0 Å². The molecule has 2 aliphatic heterocycles. The lowest BCUT2D eigenvalue weighted by atomic mass is 9.69. The summed E-state index contributed by atoms with van der Waals surface area (Å²) >= 11 is 6.07. The maximum absolute atomic E-state index is 14.1. The minimum Gasteiger partial charge on any atom is -0.457 e. The molecule has 0 radical (unpaired) electrons. The van der Waals surface area contributed by atoms with E-state index in [2.05, 4.69) is 6.92 Å². The number of hydrogen-bond acceptors (Lipinski definition) is 6. The van der Waals surface area contributed by atoms with Crippen LogP contribution in [0.25, 0.3) is 6.08 Å². The van der Waals surface area contributed by atoms with E-state index >= 15 is 0 Å². The Morgan fingerprint density at radius 1 is 1.32 bits per heavy atom. The Morgan fingerprint density at radius 2 is 2.06 bits per heavy atom. The van der Waals surface area contributed by atoms with Gasteiger partial charge in [-0.05, 0) is 55.7 Å². The average Bonchev–Trinajstić information content (AvgIpc) is 3.29. The molecule has 186 valence electrons. The first-order valence-corrected chi connectivity index (χ1v) is 12.2. The van der Waals surface area contributed by atoms with Crippen LogP contribution in [0.4, 0.5) is 4.39 Å². The summed E-state index contributed by atoms with van der Waals surface area (Å²) in [6.07, 6.45) is 3.58. The molecule has 0 amide bonds. The topological polar surface area (TPSA) is 82.1 Å². The predicted molar refractivity (Wildman–Crippen MR) is 124 cm³/mol. The van der Waals surface area contributed by atoms with Crippen LogP contribution in [0, 0.1) is 29.5 Å². The number of fused-ring (bicyclic) bond motifs is 4. The Kier molecular flexibility index (Phi) is 6.84. The van der Waals surface area contributed by atoms with E-state index in [4.69, 9.17) is 25.8 Å². The fourth-order valence-corrected chi connectivity index (χ4v) is 6.65. The van der Waals surface area contributed by atoms with Crippen molar-refractivity contribution >= 4 is 29.6 Å². The van der Waals surface area contributed by atoms with Gasteiger partial charge in [-0.1, -0.05) is 38.4 Å². The van der Waals surface area contributed by atoms with Crippen LogP contribution >= 0.6 is 11.6 Å². The summed E-state index contributed by atoms with van der Waals surface area (Å²) in [6.45, 7) is 7.43. The number of carbonyl (C=O) groups excluding carboxylic acids is 2. The Balaban J connectivity index is 1.66. The van der Waals surface area contributed by atoms with E-state index in [0.717, 1.165) is 12.8 Å². The third-order valence-corrected chi connectivity index (χ3v) is 8.51. The minimum atomic E-state index is -0.853. The molecule has 0 spiro atoms. The smallest absolute Gasteiger partial charge is 0.332 e. The van der Waals surface area contributed by atoms with Crippen LogP contribution < -0.4 is 0 Å². The first kappa shape index (κ1) is 25.1. The predicted octanol–water partition coefficient (Wildman–Crippen LogP) is 4.56. The van der Waals surface area contributed by atoms with Crippen molar-refractivity contribution < 1.29 is 33.3 Å². The highest BCUT2D eigenvalue weighted by Crippen LogP contribution is 2.63. The average molecular weight is 495 g/mol. The molecule has 1 aromatic rings. The Morgan fingerprint density at radius 3 is 2.71 bits per heavy atom. The normalized spacial score (nSPS) is 36.6. The summed E-state index contributed by atoms with van der Waals surface area (Å²) in [5.74, 6) is -1.54. The third-order valence-electron chi connectivity index (χ3n) is 8.18. The standard InChI is InChI=1S/C26H32ClFO6/c1-14(2)26-12-20(32-22(31)13-29)25(4,34-26)17-10-8-15(3)23(17)24(26)33-21(30)11-9-16-18(27)6-5-7-19(16)28/h5-7,9,11,14-15,17,20,23-24,29H,8,10,12-13H2,1-4H3/b11-9+/t15-,17-,20-,23-,24+,25+,26-/m1/s1. The molecule has 6 nitrogen and oxygen atoms in total. The van der Waals surface area contributed by atoms with Gasteiger partial charge in [0.15, 0.2) is 0 Å². The fraction of sp³-hybridized carbons (Fsp3) is 0.615. The molecule has 8 heteroatoms. The molecule has 2 bridgehead atoms. The van der Waals surface area contributed by atoms with Crippen molar-refractivity contribution in [3.05, 3.63) is 40.7 Å². The van der Waals surface area contributed by atoms with Crippen LogP contribution in [0.5, 0.6) is 0 Å². The van der Waals surface area contributed by atoms with E-state index in [9.17, 15) is 19.1 Å². The molecule has 1 saturated carbocycles. The van der Waals surface area contributed by atoms with Gasteiger partial charge in [0.25, 0.3) is 0 Å². The van der Waals surface area contributed by atoms with Gasteiger partial charge in [0, 0.05) is 24.0 Å². The van der Waals surface area contributed by atoms with Gasteiger partial charge < -0.3 is 19.3 Å². The largest absolute Gasteiger partial charge is 0.457 e.